The fourth-order valence-corrected chi connectivity index (χ4v) is 3.01. The Bertz CT molecular complexity index is 1100. The molecule has 1 saturated carbocycles. The summed E-state index contributed by atoms with van der Waals surface area (Å²) in [5.74, 6) is 6.11. The van der Waals surface area contributed by atoms with Crippen LogP contribution in [-0.2, 0) is 17.9 Å². The van der Waals surface area contributed by atoms with Gasteiger partial charge >= 0.3 is 0 Å². The number of hydrogen-bond donors (Lipinski definition) is 2. The van der Waals surface area contributed by atoms with Crippen LogP contribution in [0.3, 0.4) is 0 Å². The highest BCUT2D eigenvalue weighted by molar-refractivity contribution is 6.60. The van der Waals surface area contributed by atoms with E-state index in [4.69, 9.17) is 5.84 Å². The number of aliphatic imine (C=N–C) groups is 1. The topological polar surface area (TPSA) is 123 Å². The van der Waals surface area contributed by atoms with Crippen LogP contribution in [0.2, 0.25) is 0 Å². The minimum absolute atomic E-state index is 0. The van der Waals surface area contributed by atoms with Crippen molar-refractivity contribution in [2.24, 2.45) is 15.9 Å². The predicted molar refractivity (Wildman–Crippen MR) is 112 cm³/mol. The zero-order valence-corrected chi connectivity index (χ0v) is 16.1. The first-order chi connectivity index (χ1) is 14.1. The normalized spacial score (nSPS) is 14.6. The molecule has 0 unspecified atom stereocenters. The van der Waals surface area contributed by atoms with Crippen LogP contribution in [0.4, 0.5) is 0 Å². The number of aromatic nitrogens is 4. The molecule has 29 heavy (non-hydrogen) atoms. The molecule has 1 fully saturated rings. The van der Waals surface area contributed by atoms with Gasteiger partial charge in [0.25, 0.3) is 5.91 Å². The number of pyridine rings is 1. The Morgan fingerprint density at radius 2 is 2.21 bits per heavy atom. The van der Waals surface area contributed by atoms with Crippen molar-refractivity contribution >= 4 is 23.5 Å². The molecule has 3 N–H and O–H groups in total. The molecule has 0 radical (unpaired) electrons. The number of nitrogens with two attached hydrogens (primary N) is 1. The van der Waals surface area contributed by atoms with E-state index in [-0.39, 0.29) is 13.7 Å². The maximum atomic E-state index is 12.2. The largest absolute Gasteiger partial charge is 0.343 e. The number of fused-ring (bicyclic) bond motifs is 1. The van der Waals surface area contributed by atoms with Gasteiger partial charge in [-0.25, -0.2) is 15.0 Å². The summed E-state index contributed by atoms with van der Waals surface area (Å²) < 4.78 is 2.02. The minimum atomic E-state index is -0.439. The zero-order valence-electron chi connectivity index (χ0n) is 16.1. The van der Waals surface area contributed by atoms with E-state index in [1.165, 1.54) is 24.6 Å². The molecule has 0 atom stereocenters. The number of imidazole rings is 1. The van der Waals surface area contributed by atoms with Gasteiger partial charge in [-0.05, 0) is 43.4 Å². The number of amides is 1. The minimum Gasteiger partial charge on any atom is -0.343 e. The lowest BCUT2D eigenvalue weighted by molar-refractivity contribution is -0.114. The molecule has 0 bridgehead atoms. The highest BCUT2D eigenvalue weighted by Crippen LogP contribution is 2.39. The first kappa shape index (κ1) is 18.7. The number of rotatable bonds is 7. The third-order valence-electron chi connectivity index (χ3n) is 4.66. The van der Waals surface area contributed by atoms with Gasteiger partial charge in [0.1, 0.15) is 11.5 Å². The molecule has 9 heteroatoms. The summed E-state index contributed by atoms with van der Waals surface area (Å²) in [5.41, 5.74) is 3.88. The van der Waals surface area contributed by atoms with E-state index < -0.39 is 5.91 Å². The second kappa shape index (κ2) is 8.17. The van der Waals surface area contributed by atoms with Crippen LogP contribution >= 0.6 is 0 Å². The van der Waals surface area contributed by atoms with Crippen LogP contribution in [0.1, 0.15) is 43.0 Å². The highest BCUT2D eigenvalue weighted by atomic mass is 16.1. The fourth-order valence-electron chi connectivity index (χ4n) is 3.01. The van der Waals surface area contributed by atoms with E-state index in [1.54, 1.807) is 12.3 Å². The maximum absolute atomic E-state index is 12.2. The van der Waals surface area contributed by atoms with E-state index in [2.05, 4.69) is 42.6 Å². The van der Waals surface area contributed by atoms with Gasteiger partial charge in [-0.2, -0.15) is 5.10 Å². The number of carbonyl (C=O) groups excluding carboxylic acids is 1. The Kier molecular flexibility index (Phi) is 5.28. The highest BCUT2D eigenvalue weighted by Gasteiger charge is 2.23. The fraction of sp³-hybridized carbons (Fsp3) is 0.300. The molecular formula is C20H24N8O. The maximum Gasteiger partial charge on any atom is 0.273 e. The summed E-state index contributed by atoms with van der Waals surface area (Å²) in [6, 6.07) is 5.94. The van der Waals surface area contributed by atoms with Crippen LogP contribution in [0, 0.1) is 6.92 Å². The summed E-state index contributed by atoms with van der Waals surface area (Å²) in [4.78, 5) is 29.4. The Hall–Kier alpha value is -3.62. The van der Waals surface area contributed by atoms with Crippen molar-refractivity contribution in [1.29, 1.82) is 0 Å². The summed E-state index contributed by atoms with van der Waals surface area (Å²) in [6.45, 7) is 2.37. The first-order valence-electron chi connectivity index (χ1n) is 9.44. The molecule has 1 amide bonds. The first-order valence-corrected chi connectivity index (χ1v) is 9.44. The molecule has 4 rings (SSSR count). The van der Waals surface area contributed by atoms with Gasteiger partial charge in [0, 0.05) is 25.7 Å². The summed E-state index contributed by atoms with van der Waals surface area (Å²) in [6.07, 6.45) is 9.60. The molecule has 1 aliphatic carbocycles. The van der Waals surface area contributed by atoms with Gasteiger partial charge in [-0.15, -0.1) is 0 Å². The van der Waals surface area contributed by atoms with Gasteiger partial charge in [0.15, 0.2) is 5.71 Å². The smallest absolute Gasteiger partial charge is 0.273 e. The standard InChI is InChI=1S/C20H22N8O.H2/c1-13-6-7-23-18(25-13)10-24-20(29)17(27-21)9-22-8-16-12-28-11-15(14-2-3-14)4-5-19(28)26-16;/h4-7,9,11-12,14H,2-3,8,10,21H2,1H3,(H,24,29);1H/b22-9?,27-17+;. The number of nitrogens with zero attached hydrogens (tertiary/aromatic N) is 6. The van der Waals surface area contributed by atoms with Crippen molar-refractivity contribution in [1.82, 2.24) is 24.7 Å². The Morgan fingerprint density at radius 3 is 2.97 bits per heavy atom. The lowest BCUT2D eigenvalue weighted by atomic mass is 10.2. The molecule has 1 aliphatic rings. The van der Waals surface area contributed by atoms with Gasteiger partial charge in [0.05, 0.1) is 25.0 Å². The van der Waals surface area contributed by atoms with Crippen molar-refractivity contribution in [3.63, 3.8) is 0 Å². The lowest BCUT2D eigenvalue weighted by Gasteiger charge is -2.03. The van der Waals surface area contributed by atoms with E-state index >= 15 is 0 Å². The van der Waals surface area contributed by atoms with Crippen LogP contribution < -0.4 is 11.2 Å². The Morgan fingerprint density at radius 1 is 1.34 bits per heavy atom. The monoisotopic (exact) mass is 392 g/mol. The van der Waals surface area contributed by atoms with Crippen LogP contribution in [-0.4, -0.2) is 37.2 Å². The third-order valence-corrected chi connectivity index (χ3v) is 4.66. The summed E-state index contributed by atoms with van der Waals surface area (Å²) >= 11 is 0. The molecule has 0 aromatic carbocycles. The molecule has 0 spiro atoms. The van der Waals surface area contributed by atoms with Crippen molar-refractivity contribution in [3.05, 3.63) is 59.6 Å². The van der Waals surface area contributed by atoms with Gasteiger partial charge in [0.2, 0.25) is 0 Å². The molecule has 150 valence electrons. The molecule has 0 saturated heterocycles. The van der Waals surface area contributed by atoms with Crippen molar-refractivity contribution in [2.75, 3.05) is 0 Å². The molecule has 0 aliphatic heterocycles. The Labute approximate surface area is 169 Å². The Balaban J connectivity index is 0.00000256. The molecule has 9 nitrogen and oxygen atoms in total. The van der Waals surface area contributed by atoms with Crippen LogP contribution in [0.5, 0.6) is 0 Å². The van der Waals surface area contributed by atoms with Crippen LogP contribution in [0.25, 0.3) is 5.65 Å². The number of hydrogen-bond acceptors (Lipinski definition) is 7. The zero-order chi connectivity index (χ0) is 20.2. The quantitative estimate of drug-likeness (QED) is 0.360. The number of aryl methyl sites for hydroxylation is 1. The average molecular weight is 392 g/mol. The molecule has 3 aromatic heterocycles. The molecule has 3 aromatic rings. The molecular weight excluding hydrogens is 368 g/mol. The van der Waals surface area contributed by atoms with Crippen molar-refractivity contribution in [3.8, 4) is 0 Å². The number of nitrogens with one attached hydrogen (secondary N) is 1. The van der Waals surface area contributed by atoms with E-state index in [9.17, 15) is 4.79 Å². The van der Waals surface area contributed by atoms with Crippen molar-refractivity contribution in [2.45, 2.75) is 38.8 Å². The molecule has 3 heterocycles. The van der Waals surface area contributed by atoms with Crippen molar-refractivity contribution < 1.29 is 6.22 Å². The van der Waals surface area contributed by atoms with Gasteiger partial charge in [-0.3, -0.25) is 9.79 Å². The van der Waals surface area contributed by atoms with E-state index in [1.807, 2.05) is 23.6 Å². The van der Waals surface area contributed by atoms with E-state index in [0.717, 1.165) is 17.0 Å². The van der Waals surface area contributed by atoms with Gasteiger partial charge < -0.3 is 15.6 Å². The second-order valence-electron chi connectivity index (χ2n) is 7.02. The number of hydrazone groups is 1. The summed E-state index contributed by atoms with van der Waals surface area (Å²) in [5, 5.41) is 6.20. The van der Waals surface area contributed by atoms with Crippen LogP contribution in [0.15, 0.2) is 46.9 Å². The van der Waals surface area contributed by atoms with E-state index in [0.29, 0.717) is 18.3 Å². The van der Waals surface area contributed by atoms with Gasteiger partial charge in [-0.1, -0.05) is 6.07 Å². The second-order valence-corrected chi connectivity index (χ2v) is 7.02. The SMILES string of the molecule is Cc1ccnc(CNC(=O)/C(C=NCc2cn3cc(C4CC4)ccc3n2)=N/N)n1.[HH]. The number of carbonyl (C=O) groups is 1. The average Bonchev–Trinajstić information content (AvgIpc) is 3.49. The third kappa shape index (κ3) is 4.63. The lowest BCUT2D eigenvalue weighted by Crippen LogP contribution is -2.32. The summed E-state index contributed by atoms with van der Waals surface area (Å²) in [7, 11) is 0. The predicted octanol–water partition coefficient (Wildman–Crippen LogP) is 1.76.